The molecule has 1 atom stereocenters. The first-order valence-electron chi connectivity index (χ1n) is 12.2. The van der Waals surface area contributed by atoms with E-state index in [-0.39, 0.29) is 11.8 Å². The van der Waals surface area contributed by atoms with E-state index in [9.17, 15) is 9.59 Å². The molecule has 2 amide bonds. The minimum Gasteiger partial charge on any atom is -0.344 e. The lowest BCUT2D eigenvalue weighted by Crippen LogP contribution is -2.45. The van der Waals surface area contributed by atoms with Crippen LogP contribution in [0.3, 0.4) is 0 Å². The van der Waals surface area contributed by atoms with Gasteiger partial charge in [0.15, 0.2) is 0 Å². The summed E-state index contributed by atoms with van der Waals surface area (Å²) in [5.41, 5.74) is 1.94. The predicted octanol–water partition coefficient (Wildman–Crippen LogP) is 6.01. The lowest BCUT2D eigenvalue weighted by atomic mass is 10.0. The number of amides is 2. The second-order valence-electron chi connectivity index (χ2n) is 8.45. The molecule has 0 aliphatic carbocycles. The van der Waals surface area contributed by atoms with E-state index >= 15 is 0 Å². The predicted molar refractivity (Wildman–Crippen MR) is 139 cm³/mol. The Hall–Kier alpha value is -3.06. The summed E-state index contributed by atoms with van der Waals surface area (Å²) in [4.78, 5) is 25.7. The summed E-state index contributed by atoms with van der Waals surface area (Å²) in [7, 11) is 0. The van der Waals surface area contributed by atoms with Crippen LogP contribution < -0.4 is 10.6 Å². The van der Waals surface area contributed by atoms with E-state index in [1.807, 2.05) is 60.7 Å². The van der Waals surface area contributed by atoms with Gasteiger partial charge in [0.05, 0.1) is 0 Å². The van der Waals surface area contributed by atoms with Gasteiger partial charge in [-0.1, -0.05) is 117 Å². The van der Waals surface area contributed by atoms with Crippen LogP contribution in [0.5, 0.6) is 0 Å². The minimum atomic E-state index is -0.677. The number of nitrogens with one attached hydrogen (secondary N) is 2. The van der Waals surface area contributed by atoms with Gasteiger partial charge in [0.2, 0.25) is 16.9 Å². The number of anilines is 1. The highest BCUT2D eigenvalue weighted by Crippen LogP contribution is 2.26. The fourth-order valence-corrected chi connectivity index (χ4v) is 4.48. The number of hydrogen-bond acceptors (Lipinski definition) is 5. The average molecular weight is 479 g/mol. The summed E-state index contributed by atoms with van der Waals surface area (Å²) in [5.74, 6) is -0.376. The van der Waals surface area contributed by atoms with Crippen molar-refractivity contribution in [2.45, 2.75) is 70.8 Å². The van der Waals surface area contributed by atoms with Gasteiger partial charge in [0, 0.05) is 18.4 Å². The lowest BCUT2D eigenvalue weighted by Gasteiger charge is -2.18. The monoisotopic (exact) mass is 478 g/mol. The zero-order chi connectivity index (χ0) is 24.0. The van der Waals surface area contributed by atoms with Crippen molar-refractivity contribution < 1.29 is 9.59 Å². The molecule has 0 aliphatic rings. The lowest BCUT2D eigenvalue weighted by molar-refractivity contribution is -0.126. The normalized spacial score (nSPS) is 11.7. The third-order valence-electron chi connectivity index (χ3n) is 5.62. The molecule has 0 radical (unpaired) electrons. The maximum absolute atomic E-state index is 13.1. The molecule has 0 saturated heterocycles. The Labute approximate surface area is 206 Å². The molecule has 0 spiro atoms. The number of rotatable bonds is 14. The van der Waals surface area contributed by atoms with Crippen molar-refractivity contribution >= 4 is 28.3 Å². The highest BCUT2D eigenvalue weighted by atomic mass is 32.1. The first kappa shape index (κ1) is 25.6. The zero-order valence-corrected chi connectivity index (χ0v) is 20.7. The van der Waals surface area contributed by atoms with E-state index in [1.165, 1.54) is 37.0 Å². The highest BCUT2D eigenvalue weighted by molar-refractivity contribution is 7.18. The van der Waals surface area contributed by atoms with Crippen LogP contribution >= 0.6 is 11.3 Å². The van der Waals surface area contributed by atoms with Crippen LogP contribution in [0.4, 0.5) is 5.13 Å². The van der Waals surface area contributed by atoms with Gasteiger partial charge < -0.3 is 5.32 Å². The van der Waals surface area contributed by atoms with Crippen LogP contribution in [0.25, 0.3) is 10.6 Å². The third kappa shape index (κ3) is 8.71. The maximum atomic E-state index is 13.1. The van der Waals surface area contributed by atoms with E-state index in [2.05, 4.69) is 27.8 Å². The molecule has 3 aromatic rings. The summed E-state index contributed by atoms with van der Waals surface area (Å²) < 4.78 is 0. The Morgan fingerprint density at radius 2 is 1.50 bits per heavy atom. The second kappa shape index (κ2) is 14.3. The van der Waals surface area contributed by atoms with Gasteiger partial charge in [-0.25, -0.2) is 0 Å². The Morgan fingerprint density at radius 3 is 2.21 bits per heavy atom. The SMILES string of the molecule is CCCCCCCCCC(=O)NC(Cc1ccccc1)C(=O)Nc1nnc(-c2ccccc2)s1. The number of carbonyl (C=O) groups excluding carboxylic acids is 2. The van der Waals surface area contributed by atoms with E-state index in [1.54, 1.807) is 0 Å². The summed E-state index contributed by atoms with van der Waals surface area (Å²) >= 11 is 1.31. The van der Waals surface area contributed by atoms with Crippen LogP contribution in [0.2, 0.25) is 0 Å². The molecule has 0 bridgehead atoms. The highest BCUT2D eigenvalue weighted by Gasteiger charge is 2.22. The molecule has 1 heterocycles. The van der Waals surface area contributed by atoms with Gasteiger partial charge in [-0.2, -0.15) is 0 Å². The number of nitrogens with zero attached hydrogens (tertiary/aromatic N) is 2. The molecule has 0 aliphatic heterocycles. The van der Waals surface area contributed by atoms with Crippen LogP contribution in [-0.2, 0) is 16.0 Å². The van der Waals surface area contributed by atoms with Gasteiger partial charge in [-0.05, 0) is 12.0 Å². The van der Waals surface area contributed by atoms with Gasteiger partial charge in [0.1, 0.15) is 11.0 Å². The molecular weight excluding hydrogens is 444 g/mol. The van der Waals surface area contributed by atoms with Crippen molar-refractivity contribution in [3.8, 4) is 10.6 Å². The van der Waals surface area contributed by atoms with E-state index < -0.39 is 6.04 Å². The summed E-state index contributed by atoms with van der Waals surface area (Å²) in [5, 5.41) is 15.2. The molecule has 0 saturated carbocycles. The Kier molecular flexibility index (Phi) is 10.7. The molecular formula is C27H34N4O2S. The van der Waals surface area contributed by atoms with Crippen LogP contribution in [0.1, 0.15) is 63.9 Å². The molecule has 180 valence electrons. The largest absolute Gasteiger partial charge is 0.344 e. The van der Waals surface area contributed by atoms with E-state index in [4.69, 9.17) is 0 Å². The number of carbonyl (C=O) groups is 2. The Morgan fingerprint density at radius 1 is 0.853 bits per heavy atom. The molecule has 1 aromatic heterocycles. The average Bonchev–Trinajstić information content (AvgIpc) is 3.33. The summed E-state index contributed by atoms with van der Waals surface area (Å²) in [6.45, 7) is 2.21. The van der Waals surface area contributed by atoms with Gasteiger partial charge in [0.25, 0.3) is 0 Å². The van der Waals surface area contributed by atoms with E-state index in [0.29, 0.717) is 18.0 Å². The number of aromatic nitrogens is 2. The Bertz CT molecular complexity index is 1010. The molecule has 0 fully saturated rings. The van der Waals surface area contributed by atoms with Crippen molar-refractivity contribution in [2.75, 3.05) is 5.32 Å². The number of benzene rings is 2. The van der Waals surface area contributed by atoms with Gasteiger partial charge in [-0.15, -0.1) is 10.2 Å². The fourth-order valence-electron chi connectivity index (χ4n) is 3.73. The number of hydrogen-bond donors (Lipinski definition) is 2. The Balaban J connectivity index is 1.56. The van der Waals surface area contributed by atoms with Crippen LogP contribution in [-0.4, -0.2) is 28.1 Å². The minimum absolute atomic E-state index is 0.0909. The first-order chi connectivity index (χ1) is 16.7. The van der Waals surface area contributed by atoms with Crippen molar-refractivity contribution in [1.82, 2.24) is 15.5 Å². The summed E-state index contributed by atoms with van der Waals surface area (Å²) in [6.07, 6.45) is 8.89. The molecule has 34 heavy (non-hydrogen) atoms. The van der Waals surface area contributed by atoms with Gasteiger partial charge in [-0.3, -0.25) is 14.9 Å². The molecule has 1 unspecified atom stereocenters. The number of unbranched alkanes of at least 4 members (excludes halogenated alkanes) is 6. The zero-order valence-electron chi connectivity index (χ0n) is 19.8. The third-order valence-corrected chi connectivity index (χ3v) is 6.51. The molecule has 7 heteroatoms. The second-order valence-corrected chi connectivity index (χ2v) is 9.43. The first-order valence-corrected chi connectivity index (χ1v) is 13.0. The van der Waals surface area contributed by atoms with Crippen LogP contribution in [0, 0.1) is 0 Å². The quantitative estimate of drug-likeness (QED) is 0.278. The van der Waals surface area contributed by atoms with Crippen molar-refractivity contribution in [3.05, 3.63) is 66.2 Å². The standard InChI is InChI=1S/C27H34N4O2S/c1-2-3-4-5-6-7-14-19-24(32)28-23(20-21-15-10-8-11-16-21)25(33)29-27-31-30-26(34-27)22-17-12-9-13-18-22/h8-13,15-18,23H,2-7,14,19-20H2,1H3,(H,28,32)(H,29,31,33). The van der Waals surface area contributed by atoms with Gasteiger partial charge >= 0.3 is 0 Å². The molecule has 2 N–H and O–H groups in total. The van der Waals surface area contributed by atoms with E-state index in [0.717, 1.165) is 35.4 Å². The van der Waals surface area contributed by atoms with Crippen molar-refractivity contribution in [1.29, 1.82) is 0 Å². The smallest absolute Gasteiger partial charge is 0.249 e. The molecule has 2 aromatic carbocycles. The topological polar surface area (TPSA) is 84.0 Å². The van der Waals surface area contributed by atoms with Crippen molar-refractivity contribution in [2.24, 2.45) is 0 Å². The van der Waals surface area contributed by atoms with Crippen molar-refractivity contribution in [3.63, 3.8) is 0 Å². The maximum Gasteiger partial charge on any atom is 0.249 e. The molecule has 6 nitrogen and oxygen atoms in total. The van der Waals surface area contributed by atoms with Crippen LogP contribution in [0.15, 0.2) is 60.7 Å². The summed E-state index contributed by atoms with van der Waals surface area (Å²) in [6, 6.07) is 18.8. The fraction of sp³-hybridized carbons (Fsp3) is 0.407. The molecule has 3 rings (SSSR count).